The van der Waals surface area contributed by atoms with Gasteiger partial charge in [-0.05, 0) is 37.1 Å². The quantitative estimate of drug-likeness (QED) is 0.816. The van der Waals surface area contributed by atoms with Crippen molar-refractivity contribution >= 4 is 18.0 Å². The summed E-state index contributed by atoms with van der Waals surface area (Å²) in [7, 11) is 0. The lowest BCUT2D eigenvalue weighted by Gasteiger charge is -2.06. The molecule has 1 N–H and O–H groups in total. The van der Waals surface area contributed by atoms with Crippen LogP contribution in [0.3, 0.4) is 0 Å². The summed E-state index contributed by atoms with van der Waals surface area (Å²) in [5.74, 6) is 1.52. The van der Waals surface area contributed by atoms with Crippen molar-refractivity contribution in [3.05, 3.63) is 53.0 Å². The number of unbranched alkanes of at least 4 members (excludes halogenated alkanes) is 1. The maximum absolute atomic E-state index is 8.92. The van der Waals surface area contributed by atoms with Crippen molar-refractivity contribution in [1.82, 2.24) is 9.97 Å². The summed E-state index contributed by atoms with van der Waals surface area (Å²) in [5, 5.41) is 12.2. The number of aromatic nitrogens is 2. The van der Waals surface area contributed by atoms with Crippen LogP contribution in [0.25, 0.3) is 12.2 Å². The molecule has 0 fully saturated rings. The minimum absolute atomic E-state index is 0.647. The number of hydrogen-bond acceptors (Lipinski definition) is 4. The molecule has 0 saturated carbocycles. The third-order valence-electron chi connectivity index (χ3n) is 3.15. The Balaban J connectivity index is 2.14. The summed E-state index contributed by atoms with van der Waals surface area (Å²) in [6.07, 6.45) is 6.06. The molecule has 0 radical (unpaired) electrons. The van der Waals surface area contributed by atoms with Crippen LogP contribution in [0.2, 0.25) is 0 Å². The number of nitriles is 1. The fraction of sp³-hybridized carbons (Fsp3) is 0.278. The molecule has 0 aliphatic rings. The second kappa shape index (κ2) is 7.94. The first kappa shape index (κ1) is 15.7. The Kier molecular flexibility index (Phi) is 5.67. The van der Waals surface area contributed by atoms with E-state index in [9.17, 15) is 0 Å². The van der Waals surface area contributed by atoms with Crippen LogP contribution in [0.1, 0.15) is 42.4 Å². The molecule has 4 nitrogen and oxygen atoms in total. The van der Waals surface area contributed by atoms with Crippen molar-refractivity contribution in [1.29, 1.82) is 5.26 Å². The Morgan fingerprint density at radius 2 is 2.09 bits per heavy atom. The molecule has 2 aromatic rings. The van der Waals surface area contributed by atoms with Crippen molar-refractivity contribution < 1.29 is 0 Å². The molecule has 0 unspecified atom stereocenters. The molecule has 1 aromatic heterocycles. The highest BCUT2D eigenvalue weighted by Gasteiger charge is 1.99. The van der Waals surface area contributed by atoms with Crippen molar-refractivity contribution in [3.8, 4) is 6.07 Å². The SMILES string of the molecule is CCCCNc1cc(C)nc(/C=C/c2cccc(C#N)c2)n1. The van der Waals surface area contributed by atoms with Crippen LogP contribution in [0.5, 0.6) is 0 Å². The fourth-order valence-corrected chi connectivity index (χ4v) is 2.03. The van der Waals surface area contributed by atoms with E-state index in [-0.39, 0.29) is 0 Å². The molecule has 112 valence electrons. The van der Waals surface area contributed by atoms with E-state index in [0.29, 0.717) is 11.4 Å². The number of nitrogens with one attached hydrogen (secondary N) is 1. The van der Waals surface area contributed by atoms with Gasteiger partial charge in [-0.1, -0.05) is 31.6 Å². The minimum atomic E-state index is 0.647. The molecular weight excluding hydrogens is 272 g/mol. The van der Waals surface area contributed by atoms with E-state index in [0.717, 1.165) is 36.5 Å². The van der Waals surface area contributed by atoms with Crippen molar-refractivity contribution in [2.24, 2.45) is 0 Å². The number of nitrogens with zero attached hydrogens (tertiary/aromatic N) is 3. The molecule has 0 atom stereocenters. The van der Waals surface area contributed by atoms with Crippen LogP contribution in [-0.2, 0) is 0 Å². The Labute approximate surface area is 131 Å². The zero-order valence-corrected chi connectivity index (χ0v) is 13.0. The van der Waals surface area contributed by atoms with Gasteiger partial charge in [-0.25, -0.2) is 9.97 Å². The van der Waals surface area contributed by atoms with Gasteiger partial charge in [0.1, 0.15) is 5.82 Å². The second-order valence-corrected chi connectivity index (χ2v) is 5.10. The lowest BCUT2D eigenvalue weighted by molar-refractivity contribution is 0.829. The van der Waals surface area contributed by atoms with Gasteiger partial charge in [-0.15, -0.1) is 0 Å². The van der Waals surface area contributed by atoms with E-state index in [1.54, 1.807) is 6.07 Å². The van der Waals surface area contributed by atoms with E-state index in [1.165, 1.54) is 0 Å². The maximum Gasteiger partial charge on any atom is 0.154 e. The number of benzene rings is 1. The van der Waals surface area contributed by atoms with E-state index >= 15 is 0 Å². The summed E-state index contributed by atoms with van der Waals surface area (Å²) in [5.41, 5.74) is 2.54. The molecule has 0 aliphatic carbocycles. The predicted molar refractivity (Wildman–Crippen MR) is 90.3 cm³/mol. The molecule has 0 aliphatic heterocycles. The predicted octanol–water partition coefficient (Wildman–Crippen LogP) is 4.04. The molecule has 0 amide bonds. The molecular formula is C18H20N4. The summed E-state index contributed by atoms with van der Waals surface area (Å²) < 4.78 is 0. The van der Waals surface area contributed by atoms with Crippen LogP contribution in [-0.4, -0.2) is 16.5 Å². The van der Waals surface area contributed by atoms with E-state index in [4.69, 9.17) is 5.26 Å². The zero-order chi connectivity index (χ0) is 15.8. The van der Waals surface area contributed by atoms with Crippen LogP contribution in [0, 0.1) is 18.3 Å². The van der Waals surface area contributed by atoms with Gasteiger partial charge in [0.15, 0.2) is 5.82 Å². The van der Waals surface area contributed by atoms with E-state index in [1.807, 2.05) is 43.3 Å². The molecule has 0 bridgehead atoms. The molecule has 0 spiro atoms. The van der Waals surface area contributed by atoms with Crippen LogP contribution in [0.15, 0.2) is 30.3 Å². The van der Waals surface area contributed by atoms with Gasteiger partial charge in [0.2, 0.25) is 0 Å². The van der Waals surface area contributed by atoms with Gasteiger partial charge in [0, 0.05) is 18.3 Å². The monoisotopic (exact) mass is 292 g/mol. The van der Waals surface area contributed by atoms with E-state index < -0.39 is 0 Å². The number of aryl methyl sites for hydroxylation is 1. The first-order chi connectivity index (χ1) is 10.7. The van der Waals surface area contributed by atoms with Gasteiger partial charge in [-0.3, -0.25) is 0 Å². The van der Waals surface area contributed by atoms with Crippen LogP contribution >= 0.6 is 0 Å². The lowest BCUT2D eigenvalue weighted by atomic mass is 10.1. The Morgan fingerprint density at radius 1 is 1.23 bits per heavy atom. The number of hydrogen-bond donors (Lipinski definition) is 1. The highest BCUT2D eigenvalue weighted by atomic mass is 15.0. The van der Waals surface area contributed by atoms with E-state index in [2.05, 4.69) is 28.3 Å². The normalized spacial score (nSPS) is 10.6. The summed E-state index contributed by atoms with van der Waals surface area (Å²) >= 11 is 0. The first-order valence-corrected chi connectivity index (χ1v) is 7.49. The second-order valence-electron chi connectivity index (χ2n) is 5.10. The maximum atomic E-state index is 8.92. The fourth-order valence-electron chi connectivity index (χ4n) is 2.03. The number of anilines is 1. The smallest absolute Gasteiger partial charge is 0.154 e. The third kappa shape index (κ3) is 4.71. The lowest BCUT2D eigenvalue weighted by Crippen LogP contribution is -2.05. The minimum Gasteiger partial charge on any atom is -0.370 e. The first-order valence-electron chi connectivity index (χ1n) is 7.49. The zero-order valence-electron chi connectivity index (χ0n) is 13.0. The van der Waals surface area contributed by atoms with Crippen LogP contribution < -0.4 is 5.32 Å². The van der Waals surface area contributed by atoms with Gasteiger partial charge in [0.25, 0.3) is 0 Å². The largest absolute Gasteiger partial charge is 0.370 e. The Hall–Kier alpha value is -2.67. The molecule has 1 aromatic carbocycles. The average Bonchev–Trinajstić information content (AvgIpc) is 2.53. The molecule has 22 heavy (non-hydrogen) atoms. The summed E-state index contributed by atoms with van der Waals surface area (Å²) in [4.78, 5) is 8.91. The van der Waals surface area contributed by atoms with Gasteiger partial charge in [-0.2, -0.15) is 5.26 Å². The molecule has 1 heterocycles. The highest BCUT2D eigenvalue weighted by molar-refractivity contribution is 5.67. The van der Waals surface area contributed by atoms with Gasteiger partial charge in [0.05, 0.1) is 11.6 Å². The third-order valence-corrected chi connectivity index (χ3v) is 3.15. The van der Waals surface area contributed by atoms with Gasteiger partial charge < -0.3 is 5.32 Å². The topological polar surface area (TPSA) is 61.6 Å². The van der Waals surface area contributed by atoms with Gasteiger partial charge >= 0.3 is 0 Å². The van der Waals surface area contributed by atoms with Crippen molar-refractivity contribution in [2.75, 3.05) is 11.9 Å². The Morgan fingerprint density at radius 3 is 2.86 bits per heavy atom. The standard InChI is InChI=1S/C18H20N4/c1-3-4-10-20-18-11-14(2)21-17(22-18)9-8-15-6-5-7-16(12-15)13-19/h5-9,11-12H,3-4,10H2,1-2H3,(H,20,21,22)/b9-8+. The number of rotatable bonds is 6. The Bertz CT molecular complexity index is 698. The summed E-state index contributed by atoms with van der Waals surface area (Å²) in [6, 6.07) is 11.5. The summed E-state index contributed by atoms with van der Waals surface area (Å²) in [6.45, 7) is 5.04. The molecule has 2 rings (SSSR count). The van der Waals surface area contributed by atoms with Crippen molar-refractivity contribution in [3.63, 3.8) is 0 Å². The average molecular weight is 292 g/mol. The van der Waals surface area contributed by atoms with Crippen molar-refractivity contribution in [2.45, 2.75) is 26.7 Å². The highest BCUT2D eigenvalue weighted by Crippen LogP contribution is 2.11. The molecule has 4 heteroatoms. The molecule has 0 saturated heterocycles. The van der Waals surface area contributed by atoms with Crippen LogP contribution in [0.4, 0.5) is 5.82 Å².